The van der Waals surface area contributed by atoms with E-state index in [1.807, 2.05) is 42.5 Å². The summed E-state index contributed by atoms with van der Waals surface area (Å²) < 4.78 is 34.1. The summed E-state index contributed by atoms with van der Waals surface area (Å²) in [5.74, 6) is 0.312. The van der Waals surface area contributed by atoms with Gasteiger partial charge in [-0.1, -0.05) is 54.1 Å². The van der Waals surface area contributed by atoms with Gasteiger partial charge in [0.1, 0.15) is 12.9 Å². The van der Waals surface area contributed by atoms with Gasteiger partial charge in [0.2, 0.25) is 5.88 Å². The van der Waals surface area contributed by atoms with Crippen molar-refractivity contribution in [1.82, 2.24) is 9.97 Å². The lowest BCUT2D eigenvalue weighted by Gasteiger charge is -2.16. The number of sulfonamides is 1. The number of ether oxygens (including phenoxy) is 1. The van der Waals surface area contributed by atoms with E-state index in [1.165, 1.54) is 30.6 Å². The average Bonchev–Trinajstić information content (AvgIpc) is 2.79. The van der Waals surface area contributed by atoms with Crippen LogP contribution in [0.15, 0.2) is 78.0 Å². The highest BCUT2D eigenvalue weighted by molar-refractivity contribution is 7.92. The number of halogens is 1. The van der Waals surface area contributed by atoms with Crippen molar-refractivity contribution >= 4 is 38.2 Å². The predicted octanol–water partition coefficient (Wildman–Crippen LogP) is 4.05. The van der Waals surface area contributed by atoms with Gasteiger partial charge in [0.25, 0.3) is 10.0 Å². The number of hydrogen-bond donors (Lipinski definition) is 2. The molecule has 0 aliphatic rings. The van der Waals surface area contributed by atoms with E-state index < -0.39 is 10.0 Å². The van der Waals surface area contributed by atoms with Crippen LogP contribution in [-0.4, -0.2) is 36.7 Å². The van der Waals surface area contributed by atoms with Crippen molar-refractivity contribution in [3.05, 3.63) is 89.2 Å². The van der Waals surface area contributed by atoms with E-state index in [0.29, 0.717) is 17.0 Å². The molecule has 1 heterocycles. The van der Waals surface area contributed by atoms with Crippen LogP contribution in [0.1, 0.15) is 11.1 Å². The molecule has 0 atom stereocenters. The minimum atomic E-state index is -3.93. The molecule has 0 saturated carbocycles. The lowest BCUT2D eigenvalue weighted by molar-refractivity contribution is 0.195. The molecule has 4 rings (SSSR count). The van der Waals surface area contributed by atoms with Crippen molar-refractivity contribution in [3.8, 4) is 5.88 Å². The monoisotopic (exact) mass is 469 g/mol. The summed E-state index contributed by atoms with van der Waals surface area (Å²) in [5.41, 5.74) is 1.42. The second-order valence-corrected chi connectivity index (χ2v) is 9.07. The van der Waals surface area contributed by atoms with Gasteiger partial charge < -0.3 is 9.84 Å². The topological polar surface area (TPSA) is 101 Å². The summed E-state index contributed by atoms with van der Waals surface area (Å²) in [6.07, 6.45) is 1.54. The first-order valence-corrected chi connectivity index (χ1v) is 11.7. The highest BCUT2D eigenvalue weighted by atomic mass is 35.5. The summed E-state index contributed by atoms with van der Waals surface area (Å²) >= 11 is 5.88. The van der Waals surface area contributed by atoms with E-state index in [4.69, 9.17) is 16.3 Å². The fraction of sp³-hybridized carbons (Fsp3) is 0.130. The lowest BCUT2D eigenvalue weighted by Crippen LogP contribution is -2.17. The fourth-order valence-electron chi connectivity index (χ4n) is 3.35. The Morgan fingerprint density at radius 2 is 1.72 bits per heavy atom. The molecular formula is C23H20ClN3O4S. The Kier molecular flexibility index (Phi) is 6.55. The van der Waals surface area contributed by atoms with Crippen LogP contribution in [0.2, 0.25) is 5.02 Å². The van der Waals surface area contributed by atoms with Gasteiger partial charge in [-0.25, -0.2) is 18.4 Å². The predicted molar refractivity (Wildman–Crippen MR) is 124 cm³/mol. The third-order valence-electron chi connectivity index (χ3n) is 4.84. The summed E-state index contributed by atoms with van der Waals surface area (Å²) in [6.45, 7) is -0.188. The average molecular weight is 470 g/mol. The maximum atomic E-state index is 13.0. The second-order valence-electron chi connectivity index (χ2n) is 6.95. The van der Waals surface area contributed by atoms with Gasteiger partial charge in [-0.2, -0.15) is 0 Å². The maximum absolute atomic E-state index is 13.0. The standard InChI is InChI=1S/C23H20ClN3O4S/c24-18-8-10-19(11-9-18)32(29,30)27-22-21(23(26-15-25-22)31-13-12-28)14-17-6-3-5-16-4-1-2-7-20(16)17/h1-11,15,28H,12-14H2,(H,25,26,27). The third kappa shape index (κ3) is 4.83. The van der Waals surface area contributed by atoms with E-state index in [0.717, 1.165) is 16.3 Å². The van der Waals surface area contributed by atoms with Crippen molar-refractivity contribution in [1.29, 1.82) is 0 Å². The van der Waals surface area contributed by atoms with Gasteiger partial charge >= 0.3 is 0 Å². The Morgan fingerprint density at radius 1 is 0.969 bits per heavy atom. The number of aliphatic hydroxyl groups is 1. The second kappa shape index (κ2) is 9.52. The highest BCUT2D eigenvalue weighted by Gasteiger charge is 2.21. The smallest absolute Gasteiger partial charge is 0.263 e. The van der Waals surface area contributed by atoms with Crippen molar-refractivity contribution in [2.75, 3.05) is 17.9 Å². The molecule has 7 nitrogen and oxygen atoms in total. The summed E-state index contributed by atoms with van der Waals surface area (Å²) in [4.78, 5) is 8.40. The number of nitrogens with one attached hydrogen (secondary N) is 1. The van der Waals surface area contributed by atoms with E-state index in [9.17, 15) is 13.5 Å². The Bertz CT molecular complexity index is 1340. The molecule has 0 unspecified atom stereocenters. The molecule has 164 valence electrons. The molecule has 2 N–H and O–H groups in total. The Balaban J connectivity index is 1.77. The number of aliphatic hydroxyl groups excluding tert-OH is 1. The summed E-state index contributed by atoms with van der Waals surface area (Å²) in [6, 6.07) is 19.7. The number of benzene rings is 3. The molecule has 0 saturated heterocycles. The van der Waals surface area contributed by atoms with Gasteiger partial charge in [-0.05, 0) is 40.6 Å². The van der Waals surface area contributed by atoms with Crippen molar-refractivity contribution in [3.63, 3.8) is 0 Å². The Morgan fingerprint density at radius 3 is 2.50 bits per heavy atom. The molecule has 0 fully saturated rings. The zero-order chi connectivity index (χ0) is 22.6. The quantitative estimate of drug-likeness (QED) is 0.403. The molecule has 1 aromatic heterocycles. The van der Waals surface area contributed by atoms with Crippen LogP contribution in [-0.2, 0) is 16.4 Å². The van der Waals surface area contributed by atoms with Crippen LogP contribution in [0.4, 0.5) is 5.82 Å². The minimum absolute atomic E-state index is 0.0168. The number of fused-ring (bicyclic) bond motifs is 1. The molecule has 9 heteroatoms. The van der Waals surface area contributed by atoms with Crippen LogP contribution >= 0.6 is 11.6 Å². The molecule has 0 amide bonds. The van der Waals surface area contributed by atoms with Crippen LogP contribution in [0.3, 0.4) is 0 Å². The molecular weight excluding hydrogens is 450 g/mol. The van der Waals surface area contributed by atoms with Gasteiger partial charge in [0, 0.05) is 11.4 Å². The van der Waals surface area contributed by atoms with Gasteiger partial charge in [0.05, 0.1) is 17.1 Å². The van der Waals surface area contributed by atoms with Crippen molar-refractivity contribution in [2.24, 2.45) is 0 Å². The Hall–Kier alpha value is -3.20. The summed E-state index contributed by atoms with van der Waals surface area (Å²) in [7, 11) is -3.93. The molecule has 3 aromatic carbocycles. The van der Waals surface area contributed by atoms with E-state index in [1.54, 1.807) is 0 Å². The molecule has 0 bridgehead atoms. The van der Waals surface area contributed by atoms with Gasteiger partial charge in [-0.15, -0.1) is 0 Å². The van der Waals surface area contributed by atoms with Gasteiger partial charge in [0.15, 0.2) is 5.82 Å². The largest absolute Gasteiger partial charge is 0.475 e. The number of anilines is 1. The molecule has 32 heavy (non-hydrogen) atoms. The van der Waals surface area contributed by atoms with E-state index in [2.05, 4.69) is 14.7 Å². The zero-order valence-corrected chi connectivity index (χ0v) is 18.5. The van der Waals surface area contributed by atoms with Gasteiger partial charge in [-0.3, -0.25) is 4.72 Å². The number of rotatable bonds is 8. The SMILES string of the molecule is O=S(=O)(Nc1ncnc(OCCO)c1Cc1cccc2ccccc12)c1ccc(Cl)cc1. The van der Waals surface area contributed by atoms with E-state index >= 15 is 0 Å². The lowest BCUT2D eigenvalue weighted by atomic mass is 9.99. The first-order chi connectivity index (χ1) is 15.5. The Labute approximate surface area is 190 Å². The first kappa shape index (κ1) is 22.0. The minimum Gasteiger partial charge on any atom is -0.475 e. The zero-order valence-electron chi connectivity index (χ0n) is 16.9. The van der Waals surface area contributed by atoms with Crippen LogP contribution in [0, 0.1) is 0 Å². The number of hydrogen-bond acceptors (Lipinski definition) is 6. The normalized spacial score (nSPS) is 11.4. The molecule has 0 spiro atoms. The summed E-state index contributed by atoms with van der Waals surface area (Å²) in [5, 5.41) is 11.7. The first-order valence-electron chi connectivity index (χ1n) is 9.80. The van der Waals surface area contributed by atoms with Crippen LogP contribution in [0.25, 0.3) is 10.8 Å². The van der Waals surface area contributed by atoms with E-state index in [-0.39, 0.29) is 29.8 Å². The molecule has 0 radical (unpaired) electrons. The van der Waals surface area contributed by atoms with Crippen LogP contribution in [0.5, 0.6) is 5.88 Å². The molecule has 0 aliphatic carbocycles. The third-order valence-corrected chi connectivity index (χ3v) is 6.44. The van der Waals surface area contributed by atoms with Crippen molar-refractivity contribution < 1.29 is 18.3 Å². The van der Waals surface area contributed by atoms with Crippen LogP contribution < -0.4 is 9.46 Å². The number of aromatic nitrogens is 2. The molecule has 0 aliphatic heterocycles. The maximum Gasteiger partial charge on any atom is 0.263 e. The fourth-order valence-corrected chi connectivity index (χ4v) is 4.52. The highest BCUT2D eigenvalue weighted by Crippen LogP contribution is 2.30. The van der Waals surface area contributed by atoms with Crippen molar-refractivity contribution in [2.45, 2.75) is 11.3 Å². The number of nitrogens with zero attached hydrogens (tertiary/aromatic N) is 2. The molecule has 4 aromatic rings.